The van der Waals surface area contributed by atoms with Gasteiger partial charge in [-0.15, -0.1) is 0 Å². The van der Waals surface area contributed by atoms with Crippen LogP contribution in [0.4, 0.5) is 0 Å². The number of rotatable bonds is 9. The number of carbonyl (C=O) groups excluding carboxylic acids is 1. The van der Waals surface area contributed by atoms with Gasteiger partial charge in [-0.3, -0.25) is 4.79 Å². The summed E-state index contributed by atoms with van der Waals surface area (Å²) in [6.07, 6.45) is 5.00. The summed E-state index contributed by atoms with van der Waals surface area (Å²) in [6.45, 7) is 0.277. The first kappa shape index (κ1) is 24.0. The fraction of sp³-hybridized carbons (Fsp3) is 0.172. The maximum atomic E-state index is 13.5. The maximum absolute atomic E-state index is 13.5. The summed E-state index contributed by atoms with van der Waals surface area (Å²) in [5, 5.41) is 11.2. The van der Waals surface area contributed by atoms with E-state index >= 15 is 0 Å². The highest BCUT2D eigenvalue weighted by Crippen LogP contribution is 2.33. The van der Waals surface area contributed by atoms with E-state index in [0.29, 0.717) is 17.2 Å². The number of ether oxygens (including phenoxy) is 3. The van der Waals surface area contributed by atoms with Crippen molar-refractivity contribution < 1.29 is 28.9 Å². The molecule has 1 unspecified atom stereocenters. The Balaban J connectivity index is 1.45. The number of para-hydroxylation sites is 1. The zero-order chi connectivity index (χ0) is 25.8. The minimum Gasteiger partial charge on any atom is -0.497 e. The molecule has 1 aromatic heterocycles. The van der Waals surface area contributed by atoms with Gasteiger partial charge in [-0.1, -0.05) is 36.4 Å². The van der Waals surface area contributed by atoms with Crippen LogP contribution in [0.2, 0.25) is 0 Å². The number of benzene rings is 3. The summed E-state index contributed by atoms with van der Waals surface area (Å²) >= 11 is 0. The summed E-state index contributed by atoms with van der Waals surface area (Å²) in [5.41, 5.74) is 3.27. The molecule has 1 aliphatic rings. The molecule has 1 atom stereocenters. The van der Waals surface area contributed by atoms with Gasteiger partial charge in [0.2, 0.25) is 12.7 Å². The van der Waals surface area contributed by atoms with Crippen molar-refractivity contribution in [1.29, 1.82) is 0 Å². The number of fused-ring (bicyclic) bond motifs is 2. The summed E-state index contributed by atoms with van der Waals surface area (Å²) < 4.78 is 16.0. The first-order chi connectivity index (χ1) is 18.0. The topological polar surface area (TPSA) is 101 Å². The minimum atomic E-state index is -1.09. The predicted molar refractivity (Wildman–Crippen MR) is 139 cm³/mol. The van der Waals surface area contributed by atoms with E-state index in [4.69, 9.17) is 14.2 Å². The Hall–Kier alpha value is -4.72. The van der Waals surface area contributed by atoms with Gasteiger partial charge in [0.1, 0.15) is 11.8 Å². The summed E-state index contributed by atoms with van der Waals surface area (Å²) in [4.78, 5) is 30.6. The van der Waals surface area contributed by atoms with Crippen LogP contribution in [0.15, 0.2) is 79.0 Å². The van der Waals surface area contributed by atoms with Gasteiger partial charge in [-0.2, -0.15) is 0 Å². The van der Waals surface area contributed by atoms with Crippen molar-refractivity contribution >= 4 is 28.9 Å². The number of hydrogen-bond donors (Lipinski definition) is 2. The third-order valence-electron chi connectivity index (χ3n) is 6.36. The quantitative estimate of drug-likeness (QED) is 0.326. The molecule has 4 aromatic rings. The second kappa shape index (κ2) is 10.5. The average molecular weight is 499 g/mol. The molecule has 37 heavy (non-hydrogen) atoms. The Morgan fingerprint density at radius 1 is 1.08 bits per heavy atom. The van der Waals surface area contributed by atoms with Crippen LogP contribution in [-0.4, -0.2) is 46.8 Å². The molecule has 3 aromatic carbocycles. The number of H-pyrrole nitrogens is 1. The van der Waals surface area contributed by atoms with Crippen molar-refractivity contribution in [3.05, 3.63) is 95.7 Å². The Labute approximate surface area is 213 Å². The Kier molecular flexibility index (Phi) is 6.81. The Bertz CT molecular complexity index is 1460. The second-order valence-corrected chi connectivity index (χ2v) is 8.68. The van der Waals surface area contributed by atoms with Gasteiger partial charge < -0.3 is 29.2 Å². The maximum Gasteiger partial charge on any atom is 0.326 e. The molecule has 0 spiro atoms. The highest BCUT2D eigenvalue weighted by Gasteiger charge is 2.30. The molecular formula is C29H26N2O6. The lowest BCUT2D eigenvalue weighted by Crippen LogP contribution is -2.45. The number of nitrogens with one attached hydrogen (secondary N) is 1. The molecule has 1 aliphatic heterocycles. The van der Waals surface area contributed by atoms with Gasteiger partial charge in [0, 0.05) is 36.1 Å². The van der Waals surface area contributed by atoms with E-state index in [1.165, 1.54) is 11.0 Å². The van der Waals surface area contributed by atoms with Crippen LogP contribution in [-0.2, 0) is 22.6 Å². The van der Waals surface area contributed by atoms with Crippen LogP contribution in [0.1, 0.15) is 16.7 Å². The average Bonchev–Trinajstić information content (AvgIpc) is 3.56. The molecule has 1 amide bonds. The molecule has 2 N–H and O–H groups in total. The van der Waals surface area contributed by atoms with Crippen LogP contribution in [0.3, 0.4) is 0 Å². The molecule has 0 aliphatic carbocycles. The molecule has 0 bridgehead atoms. The molecule has 0 saturated carbocycles. The number of amides is 1. The number of nitrogens with zero attached hydrogens (tertiary/aromatic N) is 1. The molecule has 2 heterocycles. The second-order valence-electron chi connectivity index (χ2n) is 8.68. The number of methoxy groups -OCH3 is 1. The van der Waals surface area contributed by atoms with Crippen LogP contribution in [0.5, 0.6) is 17.2 Å². The fourth-order valence-electron chi connectivity index (χ4n) is 4.39. The van der Waals surface area contributed by atoms with Gasteiger partial charge in [0.15, 0.2) is 11.5 Å². The van der Waals surface area contributed by atoms with E-state index in [1.54, 1.807) is 43.6 Å². The number of aromatic nitrogens is 1. The number of aliphatic carboxylic acids is 1. The van der Waals surface area contributed by atoms with Gasteiger partial charge in [0.05, 0.1) is 7.11 Å². The minimum absolute atomic E-state index is 0.119. The van der Waals surface area contributed by atoms with Gasteiger partial charge in [0.25, 0.3) is 0 Å². The SMILES string of the molecule is COc1ccc(CN(C(=O)/C=C/c2ccc3c(c2)OCO3)C(Cc2c[nH]c3ccccc23)C(=O)O)cc1. The largest absolute Gasteiger partial charge is 0.497 e. The van der Waals surface area contributed by atoms with E-state index in [2.05, 4.69) is 4.98 Å². The normalized spacial score (nSPS) is 13.1. The standard InChI is InChI=1S/C29H26N2O6/c1-35-22-10-6-20(7-11-22)17-31(28(32)13-9-19-8-12-26-27(14-19)37-18-36-26)25(29(33)34)15-21-16-30-24-5-3-2-4-23(21)24/h2-14,16,25,30H,15,17-18H2,1H3,(H,33,34)/b13-9+. The zero-order valence-electron chi connectivity index (χ0n) is 20.2. The molecule has 8 heteroatoms. The number of carboxylic acid groups (broad SMARTS) is 1. The lowest BCUT2D eigenvalue weighted by molar-refractivity contribution is -0.148. The molecule has 8 nitrogen and oxygen atoms in total. The van der Waals surface area contributed by atoms with Gasteiger partial charge in [-0.25, -0.2) is 4.79 Å². The molecule has 0 saturated heterocycles. The summed E-state index contributed by atoms with van der Waals surface area (Å²) in [7, 11) is 1.58. The van der Waals surface area contributed by atoms with E-state index < -0.39 is 17.9 Å². The van der Waals surface area contributed by atoms with Crippen LogP contribution < -0.4 is 14.2 Å². The van der Waals surface area contributed by atoms with Crippen molar-refractivity contribution in [2.24, 2.45) is 0 Å². The monoisotopic (exact) mass is 498 g/mol. The van der Waals surface area contributed by atoms with E-state index in [9.17, 15) is 14.7 Å². The van der Waals surface area contributed by atoms with Crippen LogP contribution >= 0.6 is 0 Å². The Morgan fingerprint density at radius 3 is 2.65 bits per heavy atom. The van der Waals surface area contributed by atoms with E-state index in [-0.39, 0.29) is 19.8 Å². The van der Waals surface area contributed by atoms with Gasteiger partial charge >= 0.3 is 5.97 Å². The van der Waals surface area contributed by atoms with Crippen molar-refractivity contribution in [3.8, 4) is 17.2 Å². The first-order valence-corrected chi connectivity index (χ1v) is 11.8. The van der Waals surface area contributed by atoms with Crippen molar-refractivity contribution in [3.63, 3.8) is 0 Å². The lowest BCUT2D eigenvalue weighted by Gasteiger charge is -2.28. The number of hydrogen-bond acceptors (Lipinski definition) is 5. The van der Waals surface area contributed by atoms with Crippen LogP contribution in [0.25, 0.3) is 17.0 Å². The molecular weight excluding hydrogens is 472 g/mol. The highest BCUT2D eigenvalue weighted by molar-refractivity contribution is 5.95. The molecule has 188 valence electrons. The van der Waals surface area contributed by atoms with Crippen molar-refractivity contribution in [2.75, 3.05) is 13.9 Å². The molecule has 0 fully saturated rings. The first-order valence-electron chi connectivity index (χ1n) is 11.8. The van der Waals surface area contributed by atoms with Crippen molar-refractivity contribution in [1.82, 2.24) is 9.88 Å². The zero-order valence-corrected chi connectivity index (χ0v) is 20.2. The van der Waals surface area contributed by atoms with Crippen molar-refractivity contribution in [2.45, 2.75) is 19.0 Å². The third-order valence-corrected chi connectivity index (χ3v) is 6.36. The summed E-state index contributed by atoms with van der Waals surface area (Å²) in [6, 6.07) is 19.2. The predicted octanol–water partition coefficient (Wildman–Crippen LogP) is 4.64. The molecule has 5 rings (SSSR count). The Morgan fingerprint density at radius 2 is 1.86 bits per heavy atom. The third kappa shape index (κ3) is 5.28. The fourth-order valence-corrected chi connectivity index (χ4v) is 4.39. The van der Waals surface area contributed by atoms with E-state index in [1.807, 2.05) is 42.5 Å². The summed E-state index contributed by atoms with van der Waals surface area (Å²) in [5.74, 6) is 0.434. The lowest BCUT2D eigenvalue weighted by atomic mass is 10.0. The number of aromatic amines is 1. The number of carboxylic acids is 1. The smallest absolute Gasteiger partial charge is 0.326 e. The van der Waals surface area contributed by atoms with Gasteiger partial charge in [-0.05, 0) is 53.1 Å². The number of carbonyl (C=O) groups is 2. The highest BCUT2D eigenvalue weighted by atomic mass is 16.7. The van der Waals surface area contributed by atoms with E-state index in [0.717, 1.165) is 27.6 Å². The van der Waals surface area contributed by atoms with Crippen LogP contribution in [0, 0.1) is 0 Å². The molecule has 0 radical (unpaired) electrons.